The number of nitrogens with zero attached hydrogens (tertiary/aromatic N) is 8. The molecule has 3 rings (SSSR count). The van der Waals surface area contributed by atoms with Gasteiger partial charge in [-0.05, 0) is 42.9 Å². The summed E-state index contributed by atoms with van der Waals surface area (Å²) >= 11 is 0. The van der Waals surface area contributed by atoms with Gasteiger partial charge in [0.05, 0.1) is 6.54 Å². The Kier molecular flexibility index (Phi) is 4.54. The lowest BCUT2D eigenvalue weighted by atomic mass is 10.1. The van der Waals surface area contributed by atoms with Crippen LogP contribution in [-0.2, 0) is 16.4 Å². The van der Waals surface area contributed by atoms with Gasteiger partial charge in [-0.25, -0.2) is 5.23 Å². The van der Waals surface area contributed by atoms with E-state index in [1.807, 2.05) is 0 Å². The van der Waals surface area contributed by atoms with Crippen molar-refractivity contribution in [2.45, 2.75) is 6.54 Å². The SMILES string of the molecule is CN(C)CC1=NON([O-])C1=C1C(c2c(CN(C)C)no[n+]2[O-])=NO[N+]1=O. The largest absolute Gasteiger partial charge is 0.722 e. The summed E-state index contributed by atoms with van der Waals surface area (Å²) in [7, 11) is 7.00. The van der Waals surface area contributed by atoms with E-state index in [1.165, 1.54) is 0 Å². The lowest BCUT2D eigenvalue weighted by Gasteiger charge is -2.20. The van der Waals surface area contributed by atoms with Crippen molar-refractivity contribution in [3.05, 3.63) is 38.1 Å². The molecule has 0 saturated heterocycles. The zero-order valence-electron chi connectivity index (χ0n) is 14.4. The third kappa shape index (κ3) is 3.07. The van der Waals surface area contributed by atoms with Crippen LogP contribution in [0.1, 0.15) is 11.4 Å². The molecule has 0 spiro atoms. The molecule has 2 aliphatic heterocycles. The van der Waals surface area contributed by atoms with Crippen LogP contribution in [0.5, 0.6) is 0 Å². The van der Waals surface area contributed by atoms with Gasteiger partial charge in [0.25, 0.3) is 5.69 Å². The fourth-order valence-corrected chi connectivity index (χ4v) is 2.41. The Morgan fingerprint density at radius 3 is 2.50 bits per heavy atom. The molecule has 26 heavy (non-hydrogen) atoms. The standard InChI is InChI=1S/C12H16N8O6/c1-16(2)5-7-10(18(21)24-13-7)9-12(20(23)26-15-9)11-8(6-17(3)4)14-25-19(11)22/h5-6H2,1-4H3. The molecule has 0 bridgehead atoms. The van der Waals surface area contributed by atoms with Crippen molar-refractivity contribution in [3.63, 3.8) is 0 Å². The van der Waals surface area contributed by atoms with Gasteiger partial charge < -0.3 is 20.2 Å². The summed E-state index contributed by atoms with van der Waals surface area (Å²) in [6.07, 6.45) is 0. The molecular weight excluding hydrogens is 352 g/mol. The van der Waals surface area contributed by atoms with E-state index in [-0.39, 0.29) is 62.3 Å². The zero-order chi connectivity index (χ0) is 19.0. The Hall–Kier alpha value is -3.10. The van der Waals surface area contributed by atoms with Crippen molar-refractivity contribution in [2.24, 2.45) is 10.3 Å². The smallest absolute Gasteiger partial charge is 0.335 e. The maximum absolute atomic E-state index is 12.1. The van der Waals surface area contributed by atoms with Crippen LogP contribution in [0.15, 0.2) is 26.3 Å². The van der Waals surface area contributed by atoms with Crippen molar-refractivity contribution in [1.82, 2.24) is 20.2 Å². The minimum atomic E-state index is -0.328. The predicted octanol–water partition coefficient (Wildman–Crippen LogP) is -1.33. The van der Waals surface area contributed by atoms with Crippen LogP contribution in [0.25, 0.3) is 0 Å². The molecule has 0 unspecified atom stereocenters. The second kappa shape index (κ2) is 6.66. The monoisotopic (exact) mass is 368 g/mol. The van der Waals surface area contributed by atoms with Crippen LogP contribution in [0.2, 0.25) is 0 Å². The van der Waals surface area contributed by atoms with Gasteiger partial charge in [-0.1, -0.05) is 5.16 Å². The third-order valence-electron chi connectivity index (χ3n) is 3.36. The van der Waals surface area contributed by atoms with Crippen LogP contribution in [0.3, 0.4) is 0 Å². The second-order valence-electron chi connectivity index (χ2n) is 6.05. The van der Waals surface area contributed by atoms with Gasteiger partial charge in [0, 0.05) is 11.7 Å². The topological polar surface area (TPSA) is 149 Å². The Morgan fingerprint density at radius 1 is 1.15 bits per heavy atom. The van der Waals surface area contributed by atoms with E-state index >= 15 is 0 Å². The summed E-state index contributed by atoms with van der Waals surface area (Å²) < 4.78 is 4.62. The molecule has 0 radical (unpaired) electrons. The van der Waals surface area contributed by atoms with Gasteiger partial charge in [0.15, 0.2) is 15.8 Å². The molecule has 14 nitrogen and oxygen atoms in total. The van der Waals surface area contributed by atoms with Gasteiger partial charge in [-0.3, -0.25) is 9.57 Å². The lowest BCUT2D eigenvalue weighted by Crippen LogP contribution is -2.35. The molecule has 2 aliphatic rings. The highest BCUT2D eigenvalue weighted by atomic mass is 17.0. The molecule has 0 N–H and O–H groups in total. The summed E-state index contributed by atoms with van der Waals surface area (Å²) in [6, 6.07) is 0. The molecule has 1 aromatic rings. The first-order valence-corrected chi connectivity index (χ1v) is 7.36. The maximum atomic E-state index is 12.1. The summed E-state index contributed by atoms with van der Waals surface area (Å²) in [4.78, 5) is 24.9. The van der Waals surface area contributed by atoms with Gasteiger partial charge in [0.1, 0.15) is 5.71 Å². The van der Waals surface area contributed by atoms with Gasteiger partial charge >= 0.3 is 11.4 Å². The molecule has 1 aromatic heterocycles. The number of rotatable bonds is 5. The highest BCUT2D eigenvalue weighted by molar-refractivity contribution is 6.15. The van der Waals surface area contributed by atoms with Gasteiger partial charge in [-0.15, -0.1) is 0 Å². The molecule has 0 saturated carbocycles. The number of oxime groups is 2. The molecule has 0 atom stereocenters. The van der Waals surface area contributed by atoms with E-state index in [1.54, 1.807) is 38.0 Å². The van der Waals surface area contributed by atoms with Crippen LogP contribution in [0, 0.1) is 15.3 Å². The van der Waals surface area contributed by atoms with Crippen LogP contribution in [-0.4, -0.2) is 71.3 Å². The first-order chi connectivity index (χ1) is 12.3. The number of hydrogen-bond donors (Lipinski definition) is 0. The van der Waals surface area contributed by atoms with E-state index in [9.17, 15) is 15.3 Å². The van der Waals surface area contributed by atoms with Gasteiger partial charge in [0.2, 0.25) is 5.69 Å². The predicted molar refractivity (Wildman–Crippen MR) is 83.4 cm³/mol. The molecule has 0 aliphatic carbocycles. The van der Waals surface area contributed by atoms with E-state index in [4.69, 9.17) is 0 Å². The maximum Gasteiger partial charge on any atom is 0.335 e. The molecule has 0 amide bonds. The Bertz CT molecular complexity index is 826. The quantitative estimate of drug-likeness (QED) is 0.572. The average molecular weight is 368 g/mol. The van der Waals surface area contributed by atoms with E-state index in [0.29, 0.717) is 0 Å². The highest BCUT2D eigenvalue weighted by Crippen LogP contribution is 2.27. The molecule has 14 heteroatoms. The van der Waals surface area contributed by atoms with Crippen molar-refractivity contribution in [1.29, 1.82) is 0 Å². The van der Waals surface area contributed by atoms with Crippen molar-refractivity contribution < 1.29 is 24.3 Å². The molecule has 0 fully saturated rings. The van der Waals surface area contributed by atoms with Gasteiger partial charge in [-0.2, -0.15) is 0 Å². The fraction of sp³-hybridized carbons (Fsp3) is 0.500. The Balaban J connectivity index is 2.11. The number of allylic oxidation sites excluding steroid dienone is 1. The zero-order valence-corrected chi connectivity index (χ0v) is 14.4. The van der Waals surface area contributed by atoms with Crippen LogP contribution in [0.4, 0.5) is 0 Å². The van der Waals surface area contributed by atoms with Crippen molar-refractivity contribution in [3.8, 4) is 0 Å². The van der Waals surface area contributed by atoms with E-state index < -0.39 is 0 Å². The summed E-state index contributed by atoms with van der Waals surface area (Å²) in [5.41, 5.74) is -0.525. The molecule has 140 valence electrons. The van der Waals surface area contributed by atoms with Crippen LogP contribution >= 0.6 is 0 Å². The average Bonchev–Trinajstić information content (AvgIpc) is 3.18. The first-order valence-electron chi connectivity index (χ1n) is 7.36. The number of hydrogen-bond acceptors (Lipinski definition) is 12. The minimum absolute atomic E-state index is 0.00185. The van der Waals surface area contributed by atoms with Crippen LogP contribution < -0.4 is 4.90 Å². The lowest BCUT2D eigenvalue weighted by molar-refractivity contribution is -0.803. The molecule has 3 heterocycles. The van der Waals surface area contributed by atoms with E-state index in [2.05, 4.69) is 30.0 Å². The van der Waals surface area contributed by atoms with E-state index in [0.717, 1.165) is 0 Å². The first kappa shape index (κ1) is 17.7. The number of hydroxylamine groups is 2. The van der Waals surface area contributed by atoms with Crippen molar-refractivity contribution >= 4 is 11.4 Å². The number of aromatic nitrogens is 2. The second-order valence-corrected chi connectivity index (χ2v) is 6.05. The summed E-state index contributed by atoms with van der Waals surface area (Å²) in [5, 5.41) is 35.1. The fourth-order valence-electron chi connectivity index (χ4n) is 2.41. The Labute approximate surface area is 146 Å². The van der Waals surface area contributed by atoms with Crippen molar-refractivity contribution in [2.75, 3.05) is 34.7 Å². The normalized spacial score (nSPS) is 20.0. The molecule has 0 aromatic carbocycles. The highest BCUT2D eigenvalue weighted by Gasteiger charge is 2.49. The summed E-state index contributed by atoms with van der Waals surface area (Å²) in [6.45, 7) is 0.426. The minimum Gasteiger partial charge on any atom is -0.722 e. The summed E-state index contributed by atoms with van der Waals surface area (Å²) in [5.74, 6) is 0. The Morgan fingerprint density at radius 2 is 1.85 bits per heavy atom. The third-order valence-corrected chi connectivity index (χ3v) is 3.36. The molecular formula is C12H16N8O6.